The molecule has 1 unspecified atom stereocenters. The van der Waals surface area contributed by atoms with E-state index in [2.05, 4.69) is 50.5 Å². The Morgan fingerprint density at radius 2 is 2.00 bits per heavy atom. The van der Waals surface area contributed by atoms with Crippen LogP contribution in [0.2, 0.25) is 0 Å². The maximum Gasteiger partial charge on any atom is 0.0208 e. The molecule has 0 aliphatic carbocycles. The topological polar surface area (TPSA) is 12.0 Å². The second kappa shape index (κ2) is 6.97. The molecular weight excluding hydrogens is 214 g/mol. The van der Waals surface area contributed by atoms with Crippen molar-refractivity contribution in [1.29, 1.82) is 0 Å². The van der Waals surface area contributed by atoms with E-state index in [1.54, 1.807) is 0 Å². The Bertz CT molecular complexity index is 323. The van der Waals surface area contributed by atoms with Gasteiger partial charge < -0.3 is 5.32 Å². The lowest BCUT2D eigenvalue weighted by Crippen LogP contribution is -2.30. The van der Waals surface area contributed by atoms with Crippen LogP contribution < -0.4 is 5.32 Å². The number of benzene rings is 1. The lowest BCUT2D eigenvalue weighted by molar-refractivity contribution is 0.541. The minimum absolute atomic E-state index is 0.636. The van der Waals surface area contributed by atoms with Crippen LogP contribution in [0.15, 0.2) is 18.2 Å². The van der Waals surface area contributed by atoms with Gasteiger partial charge in [0.15, 0.2) is 0 Å². The number of nitrogens with one attached hydrogen (secondary N) is 1. The highest BCUT2D eigenvalue weighted by atomic mass is 32.2. The summed E-state index contributed by atoms with van der Waals surface area (Å²) in [6.07, 6.45) is 3.37. The summed E-state index contributed by atoms with van der Waals surface area (Å²) in [5.74, 6) is 1.20. The average molecular weight is 237 g/mol. The van der Waals surface area contributed by atoms with Crippen molar-refractivity contribution in [3.05, 3.63) is 34.9 Å². The molecule has 0 aromatic heterocycles. The molecule has 0 bridgehead atoms. The fourth-order valence-electron chi connectivity index (χ4n) is 1.70. The molecule has 1 atom stereocenters. The van der Waals surface area contributed by atoms with Crippen LogP contribution in [-0.2, 0) is 6.54 Å². The summed E-state index contributed by atoms with van der Waals surface area (Å²) in [4.78, 5) is 0. The van der Waals surface area contributed by atoms with E-state index in [4.69, 9.17) is 0 Å². The van der Waals surface area contributed by atoms with Gasteiger partial charge in [0, 0.05) is 18.3 Å². The van der Waals surface area contributed by atoms with Crippen LogP contribution in [0.5, 0.6) is 0 Å². The zero-order valence-electron chi connectivity index (χ0n) is 10.8. The van der Waals surface area contributed by atoms with E-state index < -0.39 is 0 Å². The third-order valence-corrected chi connectivity index (χ3v) is 3.76. The van der Waals surface area contributed by atoms with Gasteiger partial charge in [0.25, 0.3) is 0 Å². The Morgan fingerprint density at radius 1 is 1.25 bits per heavy atom. The number of hydrogen-bond donors (Lipinski definition) is 1. The zero-order valence-corrected chi connectivity index (χ0v) is 11.7. The van der Waals surface area contributed by atoms with Crippen LogP contribution in [0.3, 0.4) is 0 Å². The highest BCUT2D eigenvalue weighted by Gasteiger charge is 2.04. The maximum atomic E-state index is 3.61. The highest BCUT2D eigenvalue weighted by Crippen LogP contribution is 2.10. The first kappa shape index (κ1) is 13.6. The lowest BCUT2D eigenvalue weighted by atomic mass is 10.1. The minimum Gasteiger partial charge on any atom is -0.309 e. The van der Waals surface area contributed by atoms with Crippen molar-refractivity contribution < 1.29 is 0 Å². The summed E-state index contributed by atoms with van der Waals surface area (Å²) in [6.45, 7) is 7.57. The van der Waals surface area contributed by atoms with Crippen molar-refractivity contribution in [2.45, 2.75) is 39.8 Å². The molecule has 0 fully saturated rings. The average Bonchev–Trinajstić information content (AvgIpc) is 2.28. The molecule has 1 aromatic rings. The Labute approximate surface area is 104 Å². The van der Waals surface area contributed by atoms with Gasteiger partial charge in [-0.25, -0.2) is 0 Å². The van der Waals surface area contributed by atoms with Crippen molar-refractivity contribution in [1.82, 2.24) is 5.32 Å². The van der Waals surface area contributed by atoms with Crippen LogP contribution >= 0.6 is 11.8 Å². The van der Waals surface area contributed by atoms with E-state index >= 15 is 0 Å². The predicted molar refractivity (Wildman–Crippen MR) is 75.2 cm³/mol. The molecule has 0 aliphatic heterocycles. The first-order chi connectivity index (χ1) is 7.67. The molecule has 0 aliphatic rings. The summed E-state index contributed by atoms with van der Waals surface area (Å²) >= 11 is 1.91. The van der Waals surface area contributed by atoms with E-state index in [1.807, 2.05) is 11.8 Å². The van der Waals surface area contributed by atoms with Crippen LogP contribution in [0.4, 0.5) is 0 Å². The van der Waals surface area contributed by atoms with Gasteiger partial charge in [-0.3, -0.25) is 0 Å². The quantitative estimate of drug-likeness (QED) is 0.812. The van der Waals surface area contributed by atoms with Gasteiger partial charge >= 0.3 is 0 Å². The summed E-state index contributed by atoms with van der Waals surface area (Å²) < 4.78 is 0. The third kappa shape index (κ3) is 4.18. The number of aryl methyl sites for hydroxylation is 2. The monoisotopic (exact) mass is 237 g/mol. The van der Waals surface area contributed by atoms with Crippen molar-refractivity contribution in [2.75, 3.05) is 12.0 Å². The van der Waals surface area contributed by atoms with Gasteiger partial charge in [0.1, 0.15) is 0 Å². The third-order valence-electron chi connectivity index (χ3n) is 3.03. The van der Waals surface area contributed by atoms with Gasteiger partial charge in [-0.15, -0.1) is 0 Å². The number of rotatable bonds is 6. The van der Waals surface area contributed by atoms with Gasteiger partial charge in [-0.05, 0) is 43.2 Å². The molecule has 0 radical (unpaired) electrons. The number of hydrogen-bond acceptors (Lipinski definition) is 2. The fraction of sp³-hybridized carbons (Fsp3) is 0.571. The van der Waals surface area contributed by atoms with Gasteiger partial charge in [0.2, 0.25) is 0 Å². The van der Waals surface area contributed by atoms with Gasteiger partial charge in [-0.1, -0.05) is 25.1 Å². The molecule has 0 spiro atoms. The standard InChI is InChI=1S/C14H23NS/c1-5-14(10-16-4)15-9-13-7-6-11(2)12(3)8-13/h6-8,14-15H,5,9-10H2,1-4H3. The van der Waals surface area contributed by atoms with Crippen LogP contribution in [0.1, 0.15) is 30.0 Å². The molecule has 0 heterocycles. The van der Waals surface area contributed by atoms with E-state index in [0.29, 0.717) is 6.04 Å². The molecule has 2 heteroatoms. The molecular formula is C14H23NS. The van der Waals surface area contributed by atoms with Crippen molar-refractivity contribution in [3.63, 3.8) is 0 Å². The molecule has 1 nitrogen and oxygen atoms in total. The van der Waals surface area contributed by atoms with Crippen LogP contribution in [0, 0.1) is 13.8 Å². The largest absolute Gasteiger partial charge is 0.309 e. The minimum atomic E-state index is 0.636. The molecule has 16 heavy (non-hydrogen) atoms. The molecule has 90 valence electrons. The summed E-state index contributed by atoms with van der Waals surface area (Å²) in [5, 5.41) is 3.61. The first-order valence-corrected chi connectivity index (χ1v) is 7.35. The molecule has 1 rings (SSSR count). The lowest BCUT2D eigenvalue weighted by Gasteiger charge is -2.16. The Morgan fingerprint density at radius 3 is 2.56 bits per heavy atom. The summed E-state index contributed by atoms with van der Waals surface area (Å²) in [5.41, 5.74) is 4.15. The molecule has 0 amide bonds. The smallest absolute Gasteiger partial charge is 0.0208 e. The van der Waals surface area contributed by atoms with Crippen LogP contribution in [-0.4, -0.2) is 18.1 Å². The van der Waals surface area contributed by atoms with E-state index in [9.17, 15) is 0 Å². The summed E-state index contributed by atoms with van der Waals surface area (Å²) in [6, 6.07) is 7.36. The van der Waals surface area contributed by atoms with Crippen molar-refractivity contribution in [2.24, 2.45) is 0 Å². The van der Waals surface area contributed by atoms with Crippen molar-refractivity contribution >= 4 is 11.8 Å². The summed E-state index contributed by atoms with van der Waals surface area (Å²) in [7, 11) is 0. The second-order valence-electron chi connectivity index (χ2n) is 4.36. The van der Waals surface area contributed by atoms with E-state index in [0.717, 1.165) is 6.54 Å². The van der Waals surface area contributed by atoms with E-state index in [-0.39, 0.29) is 0 Å². The molecule has 1 aromatic carbocycles. The molecule has 0 saturated heterocycles. The maximum absolute atomic E-state index is 3.61. The second-order valence-corrected chi connectivity index (χ2v) is 5.27. The predicted octanol–water partition coefficient (Wildman–Crippen LogP) is 3.53. The molecule has 0 saturated carbocycles. The SMILES string of the molecule is CCC(CSC)NCc1ccc(C)c(C)c1. The first-order valence-electron chi connectivity index (χ1n) is 5.95. The Kier molecular flexibility index (Phi) is 5.93. The fourth-order valence-corrected chi connectivity index (χ4v) is 2.45. The molecule has 1 N–H and O–H groups in total. The van der Waals surface area contributed by atoms with Gasteiger partial charge in [0.05, 0.1) is 0 Å². The van der Waals surface area contributed by atoms with Crippen molar-refractivity contribution in [3.8, 4) is 0 Å². The Balaban J connectivity index is 2.50. The zero-order chi connectivity index (χ0) is 12.0. The van der Waals surface area contributed by atoms with Gasteiger partial charge in [-0.2, -0.15) is 11.8 Å². The highest BCUT2D eigenvalue weighted by molar-refractivity contribution is 7.98. The Hall–Kier alpha value is -0.470. The normalized spacial score (nSPS) is 12.8. The number of thioether (sulfide) groups is 1. The van der Waals surface area contributed by atoms with E-state index in [1.165, 1.54) is 28.9 Å². The van der Waals surface area contributed by atoms with Crippen LogP contribution in [0.25, 0.3) is 0 Å².